The Morgan fingerprint density at radius 2 is 1.54 bits per heavy atom. The standard InChI is InChI=1S/C21H30N4O3/c22-20(26)16-4-6-18(7-5-16)23-10-8-19(9-11-23)28-21(27)25-14-12-24(13-15-25)17-2-1-3-17/h4-7,17,19H,1-3,8-15H2,(H2,22,26). The summed E-state index contributed by atoms with van der Waals surface area (Å²) >= 11 is 0. The number of hydrogen-bond donors (Lipinski definition) is 1. The molecule has 3 fully saturated rings. The molecule has 7 nitrogen and oxygen atoms in total. The van der Waals surface area contributed by atoms with E-state index in [2.05, 4.69) is 9.80 Å². The maximum atomic E-state index is 12.5. The van der Waals surface area contributed by atoms with Gasteiger partial charge in [-0.1, -0.05) is 6.42 Å². The average molecular weight is 386 g/mol. The average Bonchev–Trinajstić information content (AvgIpc) is 2.68. The minimum Gasteiger partial charge on any atom is -0.446 e. The van der Waals surface area contributed by atoms with E-state index in [0.717, 1.165) is 63.8 Å². The Kier molecular flexibility index (Phi) is 5.71. The lowest BCUT2D eigenvalue weighted by atomic mass is 9.91. The molecule has 28 heavy (non-hydrogen) atoms. The summed E-state index contributed by atoms with van der Waals surface area (Å²) in [5.41, 5.74) is 6.88. The summed E-state index contributed by atoms with van der Waals surface area (Å²) in [6.07, 6.45) is 5.45. The van der Waals surface area contributed by atoms with Crippen LogP contribution in [0.25, 0.3) is 0 Å². The summed E-state index contributed by atoms with van der Waals surface area (Å²) in [5, 5.41) is 0. The molecule has 2 amide bonds. The first-order chi connectivity index (χ1) is 13.6. The maximum absolute atomic E-state index is 12.5. The molecule has 0 atom stereocenters. The summed E-state index contributed by atoms with van der Waals surface area (Å²) < 4.78 is 5.78. The van der Waals surface area contributed by atoms with E-state index in [4.69, 9.17) is 10.5 Å². The predicted octanol–water partition coefficient (Wildman–Crippen LogP) is 2.06. The Morgan fingerprint density at radius 1 is 0.893 bits per heavy atom. The van der Waals surface area contributed by atoms with Gasteiger partial charge in [0.25, 0.3) is 0 Å². The van der Waals surface area contributed by atoms with E-state index in [-0.39, 0.29) is 12.2 Å². The molecular formula is C21H30N4O3. The van der Waals surface area contributed by atoms with Gasteiger partial charge in [-0.05, 0) is 37.1 Å². The van der Waals surface area contributed by atoms with Crippen LogP contribution in [0.15, 0.2) is 24.3 Å². The lowest BCUT2D eigenvalue weighted by Crippen LogP contribution is -2.54. The minimum absolute atomic E-state index is 0.0155. The Balaban J connectivity index is 1.21. The summed E-state index contributed by atoms with van der Waals surface area (Å²) in [7, 11) is 0. The summed E-state index contributed by atoms with van der Waals surface area (Å²) in [5.74, 6) is -0.411. The van der Waals surface area contributed by atoms with Gasteiger partial charge in [-0.3, -0.25) is 9.69 Å². The van der Waals surface area contributed by atoms with Crippen molar-refractivity contribution < 1.29 is 14.3 Å². The zero-order valence-electron chi connectivity index (χ0n) is 16.4. The topological polar surface area (TPSA) is 79.1 Å². The molecule has 0 bridgehead atoms. The van der Waals surface area contributed by atoms with Crippen LogP contribution in [0.1, 0.15) is 42.5 Å². The minimum atomic E-state index is -0.411. The van der Waals surface area contributed by atoms with Crippen molar-refractivity contribution in [1.82, 2.24) is 9.80 Å². The first-order valence-corrected chi connectivity index (χ1v) is 10.4. The molecule has 7 heteroatoms. The highest BCUT2D eigenvalue weighted by atomic mass is 16.6. The van der Waals surface area contributed by atoms with Gasteiger partial charge in [0, 0.05) is 69.4 Å². The summed E-state index contributed by atoms with van der Waals surface area (Å²) in [6, 6.07) is 8.11. The van der Waals surface area contributed by atoms with E-state index in [1.165, 1.54) is 19.3 Å². The van der Waals surface area contributed by atoms with Crippen molar-refractivity contribution in [2.75, 3.05) is 44.2 Å². The molecule has 2 N–H and O–H groups in total. The van der Waals surface area contributed by atoms with Gasteiger partial charge in [0.1, 0.15) is 6.10 Å². The number of ether oxygens (including phenoxy) is 1. The van der Waals surface area contributed by atoms with Gasteiger partial charge >= 0.3 is 6.09 Å². The van der Waals surface area contributed by atoms with Crippen LogP contribution < -0.4 is 10.6 Å². The molecule has 1 saturated carbocycles. The third-order valence-corrected chi connectivity index (χ3v) is 6.39. The number of nitrogens with zero attached hydrogens (tertiary/aromatic N) is 3. The molecule has 1 aromatic rings. The van der Waals surface area contributed by atoms with Crippen molar-refractivity contribution in [1.29, 1.82) is 0 Å². The molecule has 0 spiro atoms. The fourth-order valence-corrected chi connectivity index (χ4v) is 4.31. The van der Waals surface area contributed by atoms with Crippen LogP contribution in [0.5, 0.6) is 0 Å². The van der Waals surface area contributed by atoms with Gasteiger partial charge in [0.2, 0.25) is 5.91 Å². The summed E-state index contributed by atoms with van der Waals surface area (Å²) in [4.78, 5) is 30.3. The van der Waals surface area contributed by atoms with E-state index >= 15 is 0 Å². The normalized spacial score (nSPS) is 22.0. The van der Waals surface area contributed by atoms with Gasteiger partial charge in [0.05, 0.1) is 0 Å². The Hall–Kier alpha value is -2.28. The van der Waals surface area contributed by atoms with E-state index in [0.29, 0.717) is 5.56 Å². The molecule has 3 aliphatic rings. The molecule has 2 aliphatic heterocycles. The predicted molar refractivity (Wildman–Crippen MR) is 107 cm³/mol. The third kappa shape index (κ3) is 4.24. The van der Waals surface area contributed by atoms with E-state index < -0.39 is 5.91 Å². The Labute approximate surface area is 166 Å². The first kappa shape index (κ1) is 19.1. The highest BCUT2D eigenvalue weighted by molar-refractivity contribution is 5.93. The monoisotopic (exact) mass is 386 g/mol. The van der Waals surface area contributed by atoms with Gasteiger partial charge in [0.15, 0.2) is 0 Å². The molecule has 1 aromatic carbocycles. The van der Waals surface area contributed by atoms with Crippen LogP contribution in [-0.2, 0) is 4.74 Å². The number of anilines is 1. The number of nitrogens with two attached hydrogens (primary N) is 1. The number of amides is 2. The second-order valence-corrected chi connectivity index (χ2v) is 8.09. The number of hydrogen-bond acceptors (Lipinski definition) is 5. The quantitative estimate of drug-likeness (QED) is 0.857. The van der Waals surface area contributed by atoms with Crippen molar-refractivity contribution in [3.8, 4) is 0 Å². The molecular weight excluding hydrogens is 356 g/mol. The zero-order chi connectivity index (χ0) is 19.5. The molecule has 152 valence electrons. The second-order valence-electron chi connectivity index (χ2n) is 8.09. The van der Waals surface area contributed by atoms with Gasteiger partial charge < -0.3 is 20.3 Å². The Morgan fingerprint density at radius 3 is 2.07 bits per heavy atom. The van der Waals surface area contributed by atoms with E-state index in [1.807, 2.05) is 17.0 Å². The van der Waals surface area contributed by atoms with Crippen molar-refractivity contribution in [3.05, 3.63) is 29.8 Å². The molecule has 1 aliphatic carbocycles. The molecule has 4 rings (SSSR count). The van der Waals surface area contributed by atoms with E-state index in [1.54, 1.807) is 12.1 Å². The lowest BCUT2D eigenvalue weighted by molar-refractivity contribution is 0.0230. The van der Waals surface area contributed by atoms with Gasteiger partial charge in [-0.15, -0.1) is 0 Å². The zero-order valence-corrected chi connectivity index (χ0v) is 16.4. The summed E-state index contributed by atoms with van der Waals surface area (Å²) in [6.45, 7) is 5.17. The highest BCUT2D eigenvalue weighted by Crippen LogP contribution is 2.26. The van der Waals surface area contributed by atoms with Crippen LogP contribution in [0.3, 0.4) is 0 Å². The van der Waals surface area contributed by atoms with Crippen LogP contribution in [-0.4, -0.2) is 73.2 Å². The SMILES string of the molecule is NC(=O)c1ccc(N2CCC(OC(=O)N3CCN(C4CCC4)CC3)CC2)cc1. The number of benzene rings is 1. The van der Waals surface area contributed by atoms with Crippen molar-refractivity contribution >= 4 is 17.7 Å². The second kappa shape index (κ2) is 8.39. The smallest absolute Gasteiger partial charge is 0.410 e. The van der Waals surface area contributed by atoms with Crippen molar-refractivity contribution in [2.24, 2.45) is 5.73 Å². The lowest BCUT2D eigenvalue weighted by Gasteiger charge is -2.43. The first-order valence-electron chi connectivity index (χ1n) is 10.4. The fraction of sp³-hybridized carbons (Fsp3) is 0.619. The van der Waals surface area contributed by atoms with Crippen LogP contribution in [0, 0.1) is 0 Å². The number of carbonyl (C=O) groups is 2. The number of piperidine rings is 1. The maximum Gasteiger partial charge on any atom is 0.410 e. The molecule has 2 saturated heterocycles. The highest BCUT2D eigenvalue weighted by Gasteiger charge is 2.31. The van der Waals surface area contributed by atoms with Crippen LogP contribution >= 0.6 is 0 Å². The van der Waals surface area contributed by atoms with Crippen LogP contribution in [0.2, 0.25) is 0 Å². The number of piperazine rings is 1. The third-order valence-electron chi connectivity index (χ3n) is 6.39. The number of carbonyl (C=O) groups excluding carboxylic acids is 2. The fourth-order valence-electron chi connectivity index (χ4n) is 4.31. The Bertz CT molecular complexity index is 688. The van der Waals surface area contributed by atoms with Gasteiger partial charge in [-0.2, -0.15) is 0 Å². The largest absolute Gasteiger partial charge is 0.446 e. The van der Waals surface area contributed by atoms with Gasteiger partial charge in [-0.25, -0.2) is 4.79 Å². The molecule has 0 unspecified atom stereocenters. The molecule has 0 aromatic heterocycles. The van der Waals surface area contributed by atoms with Crippen molar-refractivity contribution in [2.45, 2.75) is 44.2 Å². The molecule has 2 heterocycles. The van der Waals surface area contributed by atoms with E-state index in [9.17, 15) is 9.59 Å². The molecule has 0 radical (unpaired) electrons. The van der Waals surface area contributed by atoms with Crippen molar-refractivity contribution in [3.63, 3.8) is 0 Å². The van der Waals surface area contributed by atoms with Crippen LogP contribution in [0.4, 0.5) is 10.5 Å². The number of primary amides is 1. The number of rotatable bonds is 4.